The largest absolute Gasteiger partial charge is 0.230 e. The van der Waals surface area contributed by atoms with Crippen molar-refractivity contribution in [3.63, 3.8) is 0 Å². The Hall–Kier alpha value is -0.420. The van der Waals surface area contributed by atoms with Crippen LogP contribution < -0.4 is 0 Å². The Kier molecular flexibility index (Phi) is 3.41. The molecule has 0 N–H and O–H groups in total. The van der Waals surface area contributed by atoms with Gasteiger partial charge in [0.25, 0.3) is 0 Å². The van der Waals surface area contributed by atoms with Gasteiger partial charge in [0, 0.05) is 4.83 Å². The zero-order valence-electron chi connectivity index (χ0n) is 8.27. The van der Waals surface area contributed by atoms with Crippen LogP contribution in [0.15, 0.2) is 24.3 Å². The number of halogens is 2. The highest BCUT2D eigenvalue weighted by atomic mass is 79.9. The van der Waals surface area contributed by atoms with Crippen molar-refractivity contribution in [1.29, 1.82) is 0 Å². The fourth-order valence-electron chi connectivity index (χ4n) is 1.42. The molecule has 0 fully saturated rings. The minimum absolute atomic E-state index is 0.134. The lowest BCUT2D eigenvalue weighted by molar-refractivity contribution is 0.577. The minimum Gasteiger partial charge on any atom is -0.230 e. The lowest BCUT2D eigenvalue weighted by atomic mass is 10.3. The van der Waals surface area contributed by atoms with Crippen LogP contribution >= 0.6 is 31.9 Å². The first-order valence-electron chi connectivity index (χ1n) is 4.82. The number of hydrogen-bond donors (Lipinski definition) is 0. The van der Waals surface area contributed by atoms with Crippen molar-refractivity contribution in [2.45, 2.75) is 23.1 Å². The van der Waals surface area contributed by atoms with Crippen molar-refractivity contribution < 1.29 is 0 Å². The molecule has 5 heteroatoms. The lowest BCUT2D eigenvalue weighted by Gasteiger charge is -2.15. The Morgan fingerprint density at radius 3 is 2.80 bits per heavy atom. The summed E-state index contributed by atoms with van der Waals surface area (Å²) in [6, 6.07) is 7.96. The van der Waals surface area contributed by atoms with E-state index in [0.717, 1.165) is 17.5 Å². The second kappa shape index (κ2) is 4.61. The number of para-hydroxylation sites is 1. The summed E-state index contributed by atoms with van der Waals surface area (Å²) in [6.07, 6.45) is 1.03. The highest BCUT2D eigenvalue weighted by molar-refractivity contribution is 9.12. The Morgan fingerprint density at radius 1 is 1.33 bits per heavy atom. The van der Waals surface area contributed by atoms with Crippen molar-refractivity contribution in [1.82, 2.24) is 15.0 Å². The van der Waals surface area contributed by atoms with Crippen molar-refractivity contribution in [3.05, 3.63) is 24.3 Å². The first kappa shape index (κ1) is 11.1. The van der Waals surface area contributed by atoms with E-state index in [1.807, 2.05) is 28.9 Å². The van der Waals surface area contributed by atoms with Crippen LogP contribution in [0.5, 0.6) is 0 Å². The van der Waals surface area contributed by atoms with E-state index >= 15 is 0 Å². The molecule has 0 bridgehead atoms. The minimum atomic E-state index is 0.134. The normalized spacial score (nSPS) is 15.4. The summed E-state index contributed by atoms with van der Waals surface area (Å²) >= 11 is 7.24. The third kappa shape index (κ3) is 2.08. The number of alkyl halides is 2. The second-order valence-corrected chi connectivity index (χ2v) is 5.43. The fraction of sp³-hybridized carbons (Fsp3) is 0.400. The van der Waals surface area contributed by atoms with Crippen LogP contribution in [0, 0.1) is 0 Å². The van der Waals surface area contributed by atoms with E-state index in [0.29, 0.717) is 4.83 Å². The molecule has 2 rings (SSSR count). The molecule has 1 heterocycles. The third-order valence-electron chi connectivity index (χ3n) is 2.30. The Morgan fingerprint density at radius 2 is 2.07 bits per heavy atom. The fourth-order valence-corrected chi connectivity index (χ4v) is 2.32. The van der Waals surface area contributed by atoms with Gasteiger partial charge in [-0.05, 0) is 18.6 Å². The predicted molar refractivity (Wildman–Crippen MR) is 68.5 cm³/mol. The Balaban J connectivity index is 2.43. The van der Waals surface area contributed by atoms with Crippen molar-refractivity contribution in [2.24, 2.45) is 0 Å². The molecule has 3 nitrogen and oxygen atoms in total. The molecule has 0 aliphatic heterocycles. The quantitative estimate of drug-likeness (QED) is 0.805. The van der Waals surface area contributed by atoms with Gasteiger partial charge in [-0.1, -0.05) is 56.1 Å². The molecule has 0 saturated heterocycles. The van der Waals surface area contributed by atoms with Gasteiger partial charge in [0.15, 0.2) is 0 Å². The first-order valence-corrected chi connectivity index (χ1v) is 6.65. The number of benzene rings is 1. The molecule has 2 unspecified atom stereocenters. The molecule has 0 saturated carbocycles. The maximum absolute atomic E-state index is 4.15. The predicted octanol–water partition coefficient (Wildman–Crippen LogP) is 3.50. The van der Waals surface area contributed by atoms with Crippen molar-refractivity contribution >= 4 is 42.9 Å². The van der Waals surface area contributed by atoms with Crippen molar-refractivity contribution in [2.75, 3.05) is 0 Å². The van der Waals surface area contributed by atoms with E-state index in [2.05, 4.69) is 49.1 Å². The van der Waals surface area contributed by atoms with Crippen LogP contribution in [-0.2, 0) is 0 Å². The highest BCUT2D eigenvalue weighted by Crippen LogP contribution is 2.29. The molecule has 80 valence electrons. The average Bonchev–Trinajstić information content (AvgIpc) is 2.70. The van der Waals surface area contributed by atoms with Crippen molar-refractivity contribution in [3.8, 4) is 0 Å². The smallest absolute Gasteiger partial charge is 0.121 e. The van der Waals surface area contributed by atoms with Gasteiger partial charge < -0.3 is 0 Å². The van der Waals surface area contributed by atoms with E-state index in [1.165, 1.54) is 0 Å². The summed E-state index contributed by atoms with van der Waals surface area (Å²) in [7, 11) is 0. The molecule has 1 aromatic carbocycles. The number of rotatable bonds is 3. The third-order valence-corrected chi connectivity index (χ3v) is 5.18. The number of hydrogen-bond acceptors (Lipinski definition) is 2. The molecule has 2 aromatic rings. The van der Waals surface area contributed by atoms with Crippen LogP contribution in [0.2, 0.25) is 0 Å². The number of fused-ring (bicyclic) bond motifs is 1. The van der Waals surface area contributed by atoms with Crippen LogP contribution in [-0.4, -0.2) is 19.8 Å². The zero-order chi connectivity index (χ0) is 10.8. The SMILES string of the molecule is CCC(Br)C(Br)n1nnc2ccccc21. The lowest BCUT2D eigenvalue weighted by Crippen LogP contribution is -2.14. The maximum Gasteiger partial charge on any atom is 0.121 e. The van der Waals surface area contributed by atoms with E-state index in [4.69, 9.17) is 0 Å². The molecule has 15 heavy (non-hydrogen) atoms. The van der Waals surface area contributed by atoms with Gasteiger partial charge in [-0.25, -0.2) is 4.68 Å². The topological polar surface area (TPSA) is 30.7 Å². The van der Waals surface area contributed by atoms with Crippen LogP contribution in [0.1, 0.15) is 18.3 Å². The van der Waals surface area contributed by atoms with Gasteiger partial charge in [-0.2, -0.15) is 0 Å². The molecular weight excluding hydrogens is 322 g/mol. The molecule has 0 radical (unpaired) electrons. The van der Waals surface area contributed by atoms with Crippen LogP contribution in [0.3, 0.4) is 0 Å². The van der Waals surface area contributed by atoms with Gasteiger partial charge in [0.1, 0.15) is 10.5 Å². The zero-order valence-corrected chi connectivity index (χ0v) is 11.4. The first-order chi connectivity index (χ1) is 7.24. The van der Waals surface area contributed by atoms with Gasteiger partial charge in [-0.15, -0.1) is 5.10 Å². The van der Waals surface area contributed by atoms with E-state index in [9.17, 15) is 0 Å². The molecule has 0 aliphatic carbocycles. The summed E-state index contributed by atoms with van der Waals surface area (Å²) in [5, 5.41) is 8.27. The summed E-state index contributed by atoms with van der Waals surface area (Å²) < 4.78 is 1.90. The molecule has 2 atom stereocenters. The summed E-state index contributed by atoms with van der Waals surface area (Å²) in [5.41, 5.74) is 1.98. The monoisotopic (exact) mass is 331 g/mol. The number of aromatic nitrogens is 3. The molecular formula is C10H11Br2N3. The van der Waals surface area contributed by atoms with Gasteiger partial charge in [0.05, 0.1) is 5.52 Å². The maximum atomic E-state index is 4.15. The molecule has 0 amide bonds. The van der Waals surface area contributed by atoms with E-state index in [1.54, 1.807) is 0 Å². The Bertz CT molecular complexity index is 455. The van der Waals surface area contributed by atoms with E-state index in [-0.39, 0.29) is 4.95 Å². The Labute approximate surface area is 105 Å². The second-order valence-electron chi connectivity index (χ2n) is 3.32. The summed E-state index contributed by atoms with van der Waals surface area (Å²) in [5.74, 6) is 0. The number of nitrogens with zero attached hydrogens (tertiary/aromatic N) is 3. The molecule has 0 spiro atoms. The standard InChI is InChI=1S/C10H11Br2N3/c1-2-7(11)10(12)15-9-6-4-3-5-8(9)13-14-15/h3-7,10H,2H2,1H3. The van der Waals surface area contributed by atoms with E-state index < -0.39 is 0 Å². The average molecular weight is 333 g/mol. The molecule has 1 aromatic heterocycles. The van der Waals surface area contributed by atoms with Crippen LogP contribution in [0.4, 0.5) is 0 Å². The highest BCUT2D eigenvalue weighted by Gasteiger charge is 2.18. The van der Waals surface area contributed by atoms with Gasteiger partial charge in [-0.3, -0.25) is 0 Å². The molecule has 0 aliphatic rings. The van der Waals surface area contributed by atoms with Crippen LogP contribution in [0.25, 0.3) is 11.0 Å². The van der Waals surface area contributed by atoms with Gasteiger partial charge >= 0.3 is 0 Å². The summed E-state index contributed by atoms with van der Waals surface area (Å²) in [6.45, 7) is 2.13. The summed E-state index contributed by atoms with van der Waals surface area (Å²) in [4.78, 5) is 0.484. The van der Waals surface area contributed by atoms with Gasteiger partial charge in [0.2, 0.25) is 0 Å².